The summed E-state index contributed by atoms with van der Waals surface area (Å²) in [5.74, 6) is 0.103. The molecule has 2 heterocycles. The van der Waals surface area contributed by atoms with Crippen LogP contribution in [0.1, 0.15) is 48.5 Å². The number of nitrogens with one attached hydrogen (secondary N) is 2. The van der Waals surface area contributed by atoms with E-state index in [1.165, 1.54) is 6.20 Å². The van der Waals surface area contributed by atoms with Gasteiger partial charge >= 0.3 is 0 Å². The van der Waals surface area contributed by atoms with E-state index < -0.39 is 12.1 Å². The molecule has 5 rings (SSSR count). The first-order valence-electron chi connectivity index (χ1n) is 11.7. The Bertz CT molecular complexity index is 1270. The normalized spacial score (nSPS) is 19.4. The molecule has 2 saturated carbocycles. The lowest BCUT2D eigenvalue weighted by Crippen LogP contribution is -2.17. The highest BCUT2D eigenvalue weighted by atomic mass is 19.1. The molecule has 2 atom stereocenters. The monoisotopic (exact) mass is 478 g/mol. The standard InChI is InChI=1S/C25H27FN6O3/c1-35-23-16(15-11-29-32(13-15)21-7-3-5-18(21)26)4-2-6-19(23)30-20-10-22(28-12-17(20)24(27)33)31-25(34)14-8-9-14/h2,4,6,10-14,18,21H,3,5,7-9H2,1H3,(H2,27,33)(H2,28,30,31,34)/t18-,21+/m0/s1. The zero-order chi connectivity index (χ0) is 24.5. The number of hydrogen-bond donors (Lipinski definition) is 3. The number of nitrogens with zero attached hydrogens (tertiary/aromatic N) is 3. The smallest absolute Gasteiger partial charge is 0.252 e. The van der Waals surface area contributed by atoms with Gasteiger partial charge in [0.15, 0.2) is 0 Å². The summed E-state index contributed by atoms with van der Waals surface area (Å²) in [5, 5.41) is 10.4. The summed E-state index contributed by atoms with van der Waals surface area (Å²) >= 11 is 0. The third kappa shape index (κ3) is 4.68. The highest BCUT2D eigenvalue weighted by Gasteiger charge is 2.30. The number of nitrogens with two attached hydrogens (primary N) is 1. The number of para-hydroxylation sites is 1. The van der Waals surface area contributed by atoms with Gasteiger partial charge in [0.2, 0.25) is 5.91 Å². The van der Waals surface area contributed by atoms with Crippen LogP contribution in [0.2, 0.25) is 0 Å². The van der Waals surface area contributed by atoms with Gasteiger partial charge in [-0.15, -0.1) is 0 Å². The zero-order valence-corrected chi connectivity index (χ0v) is 19.3. The molecule has 1 aromatic carbocycles. The van der Waals surface area contributed by atoms with Crippen molar-refractivity contribution >= 4 is 29.0 Å². The molecule has 2 aliphatic rings. The fraction of sp³-hybridized carbons (Fsp3) is 0.360. The molecule has 2 amide bonds. The van der Waals surface area contributed by atoms with Crippen LogP contribution in [0.3, 0.4) is 0 Å². The van der Waals surface area contributed by atoms with Gasteiger partial charge in [0, 0.05) is 35.5 Å². The van der Waals surface area contributed by atoms with Gasteiger partial charge in [0.1, 0.15) is 17.7 Å². The lowest BCUT2D eigenvalue weighted by atomic mass is 10.1. The Hall–Kier alpha value is -3.95. The second-order valence-electron chi connectivity index (χ2n) is 8.98. The average molecular weight is 479 g/mol. The molecule has 3 aromatic rings. The highest BCUT2D eigenvalue weighted by Crippen LogP contribution is 2.40. The Kier molecular flexibility index (Phi) is 6.10. The van der Waals surface area contributed by atoms with Gasteiger partial charge in [0.25, 0.3) is 5.91 Å². The topological polar surface area (TPSA) is 124 Å². The summed E-state index contributed by atoms with van der Waals surface area (Å²) in [7, 11) is 1.55. The maximum Gasteiger partial charge on any atom is 0.252 e. The van der Waals surface area contributed by atoms with E-state index in [0.717, 1.165) is 36.8 Å². The fourth-order valence-corrected chi connectivity index (χ4v) is 4.48. The van der Waals surface area contributed by atoms with Crippen molar-refractivity contribution in [1.29, 1.82) is 0 Å². The Morgan fingerprint density at radius 1 is 1.17 bits per heavy atom. The number of pyridine rings is 1. The van der Waals surface area contributed by atoms with Gasteiger partial charge in [-0.1, -0.05) is 12.1 Å². The van der Waals surface area contributed by atoms with Crippen LogP contribution in [-0.2, 0) is 4.79 Å². The second-order valence-corrected chi connectivity index (χ2v) is 8.98. The Morgan fingerprint density at radius 2 is 2.00 bits per heavy atom. The van der Waals surface area contributed by atoms with Crippen molar-refractivity contribution in [3.05, 3.63) is 48.4 Å². The lowest BCUT2D eigenvalue weighted by Gasteiger charge is -2.17. The van der Waals surface area contributed by atoms with Crippen LogP contribution in [0, 0.1) is 5.92 Å². The Labute approximate surface area is 201 Å². The predicted molar refractivity (Wildman–Crippen MR) is 129 cm³/mol. The van der Waals surface area contributed by atoms with Crippen molar-refractivity contribution in [3.63, 3.8) is 0 Å². The number of anilines is 3. The van der Waals surface area contributed by atoms with Crippen LogP contribution in [0.4, 0.5) is 21.6 Å². The molecule has 9 nitrogen and oxygen atoms in total. The molecule has 35 heavy (non-hydrogen) atoms. The number of carbonyl (C=O) groups excluding carboxylic acids is 2. The van der Waals surface area contributed by atoms with Crippen LogP contribution in [-0.4, -0.2) is 39.9 Å². The van der Waals surface area contributed by atoms with Crippen LogP contribution < -0.4 is 21.1 Å². The fourth-order valence-electron chi connectivity index (χ4n) is 4.48. The first kappa shape index (κ1) is 22.8. The minimum atomic E-state index is -0.897. The first-order valence-corrected chi connectivity index (χ1v) is 11.7. The zero-order valence-electron chi connectivity index (χ0n) is 19.3. The Morgan fingerprint density at radius 3 is 2.69 bits per heavy atom. The molecule has 2 aliphatic carbocycles. The number of halogens is 1. The molecule has 2 fully saturated rings. The van der Waals surface area contributed by atoms with E-state index in [-0.39, 0.29) is 23.4 Å². The van der Waals surface area contributed by atoms with Crippen molar-refractivity contribution in [2.75, 3.05) is 17.7 Å². The Balaban J connectivity index is 1.46. The number of alkyl halides is 1. The second kappa shape index (κ2) is 9.36. The van der Waals surface area contributed by atoms with E-state index in [0.29, 0.717) is 29.4 Å². The summed E-state index contributed by atoms with van der Waals surface area (Å²) in [4.78, 5) is 28.4. The van der Waals surface area contributed by atoms with Crippen molar-refractivity contribution < 1.29 is 18.7 Å². The van der Waals surface area contributed by atoms with E-state index in [1.807, 2.05) is 18.3 Å². The van der Waals surface area contributed by atoms with E-state index in [2.05, 4.69) is 20.7 Å². The number of methoxy groups -OCH3 is 1. The van der Waals surface area contributed by atoms with Crippen molar-refractivity contribution in [2.45, 2.75) is 44.3 Å². The number of primary amides is 1. The van der Waals surface area contributed by atoms with Crippen LogP contribution in [0.25, 0.3) is 11.1 Å². The summed E-state index contributed by atoms with van der Waals surface area (Å²) < 4.78 is 21.6. The molecular weight excluding hydrogens is 451 g/mol. The van der Waals surface area contributed by atoms with Crippen molar-refractivity contribution in [2.24, 2.45) is 11.7 Å². The third-order valence-electron chi connectivity index (χ3n) is 6.51. The van der Waals surface area contributed by atoms with Gasteiger partial charge in [-0.2, -0.15) is 5.10 Å². The lowest BCUT2D eigenvalue weighted by molar-refractivity contribution is -0.117. The van der Waals surface area contributed by atoms with E-state index in [9.17, 15) is 14.0 Å². The van der Waals surface area contributed by atoms with Crippen molar-refractivity contribution in [1.82, 2.24) is 14.8 Å². The summed E-state index contributed by atoms with van der Waals surface area (Å²) in [6.07, 6.45) is 7.86. The molecule has 0 spiro atoms. The number of ether oxygens (including phenoxy) is 1. The molecule has 182 valence electrons. The largest absolute Gasteiger partial charge is 0.494 e. The highest BCUT2D eigenvalue weighted by molar-refractivity contribution is 6.01. The molecular formula is C25H27FN6O3. The summed E-state index contributed by atoms with van der Waals surface area (Å²) in [5.41, 5.74) is 8.24. The molecule has 0 saturated heterocycles. The maximum absolute atomic E-state index is 14.2. The summed E-state index contributed by atoms with van der Waals surface area (Å²) in [6, 6.07) is 6.85. The first-order chi connectivity index (χ1) is 16.9. The molecule has 10 heteroatoms. The van der Waals surface area contributed by atoms with Gasteiger partial charge < -0.3 is 21.1 Å². The number of amides is 2. The van der Waals surface area contributed by atoms with Gasteiger partial charge in [-0.25, -0.2) is 9.37 Å². The van der Waals surface area contributed by atoms with Gasteiger partial charge in [0.05, 0.1) is 36.3 Å². The number of hydrogen-bond acceptors (Lipinski definition) is 6. The number of aromatic nitrogens is 3. The molecule has 4 N–H and O–H groups in total. The van der Waals surface area contributed by atoms with Gasteiger partial charge in [-0.3, -0.25) is 14.3 Å². The van der Waals surface area contributed by atoms with Crippen LogP contribution >= 0.6 is 0 Å². The minimum absolute atomic E-state index is 0.0126. The molecule has 2 aromatic heterocycles. The predicted octanol–water partition coefficient (Wildman–Crippen LogP) is 4.21. The molecule has 0 unspecified atom stereocenters. The number of benzene rings is 1. The van der Waals surface area contributed by atoms with Crippen LogP contribution in [0.15, 0.2) is 42.9 Å². The SMILES string of the molecule is COc1c(Nc2cc(NC(=O)C3CC3)ncc2C(N)=O)cccc1-c1cnn([C@@H]2CCC[C@@H]2F)c1. The maximum atomic E-state index is 14.2. The van der Waals surface area contributed by atoms with E-state index in [1.54, 1.807) is 30.1 Å². The number of rotatable bonds is 8. The molecule has 0 aliphatic heterocycles. The number of carbonyl (C=O) groups is 2. The third-order valence-corrected chi connectivity index (χ3v) is 6.51. The summed E-state index contributed by atoms with van der Waals surface area (Å²) in [6.45, 7) is 0. The van der Waals surface area contributed by atoms with Crippen molar-refractivity contribution in [3.8, 4) is 16.9 Å². The quantitative estimate of drug-likeness (QED) is 0.446. The average Bonchev–Trinajstić information content (AvgIpc) is 3.44. The molecule has 0 bridgehead atoms. The van der Waals surface area contributed by atoms with Crippen LogP contribution in [0.5, 0.6) is 5.75 Å². The molecule has 0 radical (unpaired) electrons. The van der Waals surface area contributed by atoms with E-state index >= 15 is 0 Å². The van der Waals surface area contributed by atoms with E-state index in [4.69, 9.17) is 10.5 Å². The van der Waals surface area contributed by atoms with Gasteiger partial charge in [-0.05, 0) is 38.2 Å². The minimum Gasteiger partial charge on any atom is -0.494 e.